The number of nitrogens with zero attached hydrogens (tertiary/aromatic N) is 1. The molecule has 1 atom stereocenters. The van der Waals surface area contributed by atoms with E-state index in [1.807, 2.05) is 23.6 Å². The molecule has 1 aliphatic rings. The van der Waals surface area contributed by atoms with Crippen LogP contribution in [0.5, 0.6) is 0 Å². The van der Waals surface area contributed by atoms with Gasteiger partial charge in [-0.05, 0) is 49.1 Å². The van der Waals surface area contributed by atoms with Crippen LogP contribution in [0.4, 0.5) is 4.39 Å². The van der Waals surface area contributed by atoms with Gasteiger partial charge in [-0.1, -0.05) is 24.3 Å². The van der Waals surface area contributed by atoms with Crippen molar-refractivity contribution >= 4 is 16.8 Å². The number of carbonyl (C=O) groups is 1. The highest BCUT2D eigenvalue weighted by Crippen LogP contribution is 2.23. The number of carbonyl (C=O) groups excluding carboxylic acids is 1. The van der Waals surface area contributed by atoms with Gasteiger partial charge in [-0.3, -0.25) is 9.59 Å². The Balaban J connectivity index is 1.70. The van der Waals surface area contributed by atoms with Gasteiger partial charge in [0.15, 0.2) is 0 Å². The van der Waals surface area contributed by atoms with E-state index in [1.165, 1.54) is 12.1 Å². The molecule has 0 radical (unpaired) electrons. The Bertz CT molecular complexity index is 1050. The quantitative estimate of drug-likeness (QED) is 0.785. The van der Waals surface area contributed by atoms with Crippen molar-refractivity contribution in [3.8, 4) is 0 Å². The molecule has 0 saturated heterocycles. The molecule has 4 rings (SSSR count). The molecule has 0 saturated carbocycles. The van der Waals surface area contributed by atoms with Gasteiger partial charge in [-0.15, -0.1) is 0 Å². The Morgan fingerprint density at radius 2 is 1.96 bits per heavy atom. The van der Waals surface area contributed by atoms with Crippen LogP contribution >= 0.6 is 0 Å². The van der Waals surface area contributed by atoms with Crippen molar-refractivity contribution in [3.63, 3.8) is 0 Å². The summed E-state index contributed by atoms with van der Waals surface area (Å²) >= 11 is 0. The van der Waals surface area contributed by atoms with Gasteiger partial charge in [0.05, 0.1) is 11.6 Å². The Hall–Kier alpha value is -2.95. The Morgan fingerprint density at radius 1 is 1.19 bits per heavy atom. The lowest BCUT2D eigenvalue weighted by Gasteiger charge is -2.21. The topological polar surface area (TPSA) is 51.1 Å². The van der Waals surface area contributed by atoms with Crippen molar-refractivity contribution in [2.45, 2.75) is 32.4 Å². The van der Waals surface area contributed by atoms with Crippen LogP contribution in [0.2, 0.25) is 0 Å². The number of pyridine rings is 1. The standard InChI is InChI=1S/C21H19FN2O2/c1-13(14-7-9-16(22)10-8-14)23-21(26)18-12-24-11-3-5-15-4-2-6-17(19(15)24)20(18)25/h2,4,6-10,12-13H,3,5,11H2,1H3,(H,23,26)/t13-/m0/s1. The van der Waals surface area contributed by atoms with E-state index in [1.54, 1.807) is 24.4 Å². The highest BCUT2D eigenvalue weighted by Gasteiger charge is 2.20. The number of benzene rings is 2. The fourth-order valence-electron chi connectivity index (χ4n) is 3.63. The van der Waals surface area contributed by atoms with Crippen LogP contribution in [0.15, 0.2) is 53.5 Å². The molecular formula is C21H19FN2O2. The van der Waals surface area contributed by atoms with E-state index in [4.69, 9.17) is 0 Å². The summed E-state index contributed by atoms with van der Waals surface area (Å²) in [6, 6.07) is 11.3. The van der Waals surface area contributed by atoms with E-state index in [-0.39, 0.29) is 22.9 Å². The summed E-state index contributed by atoms with van der Waals surface area (Å²) in [7, 11) is 0. The fraction of sp³-hybridized carbons (Fsp3) is 0.238. The number of aromatic nitrogens is 1. The predicted octanol–water partition coefficient (Wildman–Crippen LogP) is 3.58. The average molecular weight is 350 g/mol. The second-order valence-corrected chi connectivity index (χ2v) is 6.73. The molecule has 3 aromatic rings. The van der Waals surface area contributed by atoms with Crippen molar-refractivity contribution in [2.24, 2.45) is 0 Å². The molecule has 4 nitrogen and oxygen atoms in total. The first-order valence-corrected chi connectivity index (χ1v) is 8.76. The smallest absolute Gasteiger partial charge is 0.257 e. The number of halogens is 1. The van der Waals surface area contributed by atoms with Gasteiger partial charge < -0.3 is 9.88 Å². The maximum Gasteiger partial charge on any atom is 0.257 e. The summed E-state index contributed by atoms with van der Waals surface area (Å²) in [5.41, 5.74) is 2.77. The summed E-state index contributed by atoms with van der Waals surface area (Å²) in [6.45, 7) is 2.60. The van der Waals surface area contributed by atoms with Crippen molar-refractivity contribution in [1.29, 1.82) is 0 Å². The molecule has 2 heterocycles. The zero-order chi connectivity index (χ0) is 18.3. The zero-order valence-electron chi connectivity index (χ0n) is 14.5. The van der Waals surface area contributed by atoms with Crippen LogP contribution in [-0.4, -0.2) is 10.5 Å². The number of hydrogen-bond donors (Lipinski definition) is 1. The van der Waals surface area contributed by atoms with Gasteiger partial charge in [0, 0.05) is 18.1 Å². The van der Waals surface area contributed by atoms with E-state index >= 15 is 0 Å². The van der Waals surface area contributed by atoms with Gasteiger partial charge in [0.2, 0.25) is 5.43 Å². The lowest BCUT2D eigenvalue weighted by molar-refractivity contribution is 0.0938. The van der Waals surface area contributed by atoms with E-state index in [0.717, 1.165) is 36.0 Å². The lowest BCUT2D eigenvalue weighted by Crippen LogP contribution is -2.32. The summed E-state index contributed by atoms with van der Waals surface area (Å²) in [5.74, 6) is -0.733. The molecule has 26 heavy (non-hydrogen) atoms. The van der Waals surface area contributed by atoms with Crippen molar-refractivity contribution in [1.82, 2.24) is 9.88 Å². The minimum atomic E-state index is -0.409. The highest BCUT2D eigenvalue weighted by molar-refractivity contribution is 5.98. The van der Waals surface area contributed by atoms with E-state index in [0.29, 0.717) is 5.39 Å². The van der Waals surface area contributed by atoms with E-state index < -0.39 is 5.91 Å². The zero-order valence-corrected chi connectivity index (χ0v) is 14.5. The summed E-state index contributed by atoms with van der Waals surface area (Å²) in [6.07, 6.45) is 3.60. The van der Waals surface area contributed by atoms with Gasteiger partial charge in [-0.2, -0.15) is 0 Å². The molecule has 1 N–H and O–H groups in total. The molecule has 0 spiro atoms. The second-order valence-electron chi connectivity index (χ2n) is 6.73. The molecule has 0 bridgehead atoms. The van der Waals surface area contributed by atoms with Crippen molar-refractivity contribution < 1.29 is 9.18 Å². The molecule has 1 aliphatic heterocycles. The van der Waals surface area contributed by atoms with Gasteiger partial charge in [-0.25, -0.2) is 4.39 Å². The minimum Gasteiger partial charge on any atom is -0.346 e. The molecule has 132 valence electrons. The monoisotopic (exact) mass is 350 g/mol. The Kier molecular flexibility index (Phi) is 4.07. The molecule has 1 amide bonds. The number of nitrogens with one attached hydrogen (secondary N) is 1. The van der Waals surface area contributed by atoms with Crippen molar-refractivity contribution in [3.05, 3.63) is 81.4 Å². The Morgan fingerprint density at radius 3 is 2.73 bits per heavy atom. The van der Waals surface area contributed by atoms with Crippen LogP contribution < -0.4 is 10.7 Å². The molecule has 0 fully saturated rings. The molecule has 0 unspecified atom stereocenters. The van der Waals surface area contributed by atoms with Crippen LogP contribution in [0, 0.1) is 5.82 Å². The fourth-order valence-corrected chi connectivity index (χ4v) is 3.63. The predicted molar refractivity (Wildman–Crippen MR) is 98.8 cm³/mol. The minimum absolute atomic E-state index is 0.144. The molecule has 1 aromatic heterocycles. The normalized spacial score (nSPS) is 14.2. The van der Waals surface area contributed by atoms with Crippen LogP contribution in [0.1, 0.15) is 40.9 Å². The molecule has 5 heteroatoms. The summed E-state index contributed by atoms with van der Waals surface area (Å²) in [4.78, 5) is 25.6. The third-order valence-corrected chi connectivity index (χ3v) is 4.99. The number of amides is 1. The number of hydrogen-bond acceptors (Lipinski definition) is 2. The number of rotatable bonds is 3. The van der Waals surface area contributed by atoms with Gasteiger partial charge >= 0.3 is 0 Å². The van der Waals surface area contributed by atoms with Crippen LogP contribution in [0.25, 0.3) is 10.9 Å². The van der Waals surface area contributed by atoms with E-state index in [9.17, 15) is 14.0 Å². The van der Waals surface area contributed by atoms with Crippen LogP contribution in [0.3, 0.4) is 0 Å². The highest BCUT2D eigenvalue weighted by atomic mass is 19.1. The average Bonchev–Trinajstić information content (AvgIpc) is 2.65. The molecule has 2 aromatic carbocycles. The van der Waals surface area contributed by atoms with Crippen molar-refractivity contribution in [2.75, 3.05) is 0 Å². The van der Waals surface area contributed by atoms with Crippen LogP contribution in [-0.2, 0) is 13.0 Å². The SMILES string of the molecule is C[C@H](NC(=O)c1cn2c3c(cccc3c1=O)CCC2)c1ccc(F)cc1. The first-order chi connectivity index (χ1) is 12.5. The first-order valence-electron chi connectivity index (χ1n) is 8.76. The number of para-hydroxylation sites is 1. The third-order valence-electron chi connectivity index (χ3n) is 4.99. The van der Waals surface area contributed by atoms with Gasteiger partial charge in [0.1, 0.15) is 11.4 Å². The van der Waals surface area contributed by atoms with Gasteiger partial charge in [0.25, 0.3) is 5.91 Å². The summed E-state index contributed by atoms with van der Waals surface area (Å²) in [5, 5.41) is 3.43. The number of aryl methyl sites for hydroxylation is 2. The maximum atomic E-state index is 13.1. The molecule has 0 aliphatic carbocycles. The third kappa shape index (κ3) is 2.79. The second kappa shape index (κ2) is 6.41. The maximum absolute atomic E-state index is 13.1. The van der Waals surface area contributed by atoms with E-state index in [2.05, 4.69) is 5.32 Å². The lowest BCUT2D eigenvalue weighted by atomic mass is 9.99. The summed E-state index contributed by atoms with van der Waals surface area (Å²) < 4.78 is 15.1. The Labute approximate surface area is 150 Å². The molecular weight excluding hydrogens is 331 g/mol. The largest absolute Gasteiger partial charge is 0.346 e. The first kappa shape index (κ1) is 16.5.